The first kappa shape index (κ1) is 32.1. The van der Waals surface area contributed by atoms with Crippen molar-refractivity contribution in [2.45, 2.75) is 129 Å². The van der Waals surface area contributed by atoms with Crippen LogP contribution in [0.5, 0.6) is 0 Å². The zero-order valence-corrected chi connectivity index (χ0v) is 29.9. The molecule has 0 aliphatic rings. The molecule has 0 heterocycles. The predicted octanol–water partition coefficient (Wildman–Crippen LogP) is 5.69. The van der Waals surface area contributed by atoms with Crippen LogP contribution >= 0.6 is 0 Å². The summed E-state index contributed by atoms with van der Waals surface area (Å²) in [6.07, 6.45) is 0. The van der Waals surface area contributed by atoms with E-state index in [-0.39, 0.29) is 29.6 Å². The molecule has 0 N–H and O–H groups in total. The summed E-state index contributed by atoms with van der Waals surface area (Å²) in [4.78, 5) is 0. The molecule has 31 heavy (non-hydrogen) atoms. The molecule has 0 atom stereocenters. The molecule has 1 aromatic carbocycles. The third kappa shape index (κ3) is 5.51. The Morgan fingerprint density at radius 2 is 0.774 bits per heavy atom. The van der Waals surface area contributed by atoms with Gasteiger partial charge in [-0.3, -0.25) is 0 Å². The monoisotopic (exact) mass is 500 g/mol. The van der Waals surface area contributed by atoms with Crippen LogP contribution in [0, 0.1) is 0 Å². The van der Waals surface area contributed by atoms with E-state index in [1.54, 1.807) is 5.19 Å². The molecule has 0 saturated heterocycles. The van der Waals surface area contributed by atoms with Crippen LogP contribution in [0.25, 0.3) is 0 Å². The SMILES string of the molecule is CC(C)[Si](C(C)C)(C(C)C)[Si-]([Si](C)(C)c1ccccc1)[Si](C(C)C)(C(C)C)C(C)C.[Na+]. The van der Waals surface area contributed by atoms with Gasteiger partial charge in [0.2, 0.25) is 0 Å². The second kappa shape index (κ2) is 12.2. The summed E-state index contributed by atoms with van der Waals surface area (Å²) in [5, 5.41) is 1.75. The van der Waals surface area contributed by atoms with Crippen molar-refractivity contribution < 1.29 is 29.6 Å². The molecule has 174 valence electrons. The first-order valence-electron chi connectivity index (χ1n) is 12.6. The third-order valence-electron chi connectivity index (χ3n) is 8.72. The van der Waals surface area contributed by atoms with Crippen molar-refractivity contribution in [2.75, 3.05) is 0 Å². The Balaban J connectivity index is 0.00000900. The second-order valence-corrected chi connectivity index (χ2v) is 45.3. The van der Waals surface area contributed by atoms with Crippen molar-refractivity contribution in [3.8, 4) is 0 Å². The van der Waals surface area contributed by atoms with Gasteiger partial charge in [0, 0.05) is 0 Å². The quantitative estimate of drug-likeness (QED) is 0.362. The van der Waals surface area contributed by atoms with Gasteiger partial charge in [-0.2, -0.15) is 0 Å². The van der Waals surface area contributed by atoms with Crippen LogP contribution in [0.15, 0.2) is 30.3 Å². The van der Waals surface area contributed by atoms with Gasteiger partial charge < -0.3 is 0 Å². The minimum atomic E-state index is -1.63. The van der Waals surface area contributed by atoms with E-state index in [1.807, 2.05) is 0 Å². The Morgan fingerprint density at radius 1 is 0.516 bits per heavy atom. The molecule has 1 rings (SSSR count). The van der Waals surface area contributed by atoms with Crippen molar-refractivity contribution in [3.05, 3.63) is 30.3 Å². The van der Waals surface area contributed by atoms with Gasteiger partial charge in [-0.1, -0.05) is 188 Å². The van der Waals surface area contributed by atoms with E-state index in [9.17, 15) is 0 Å². The fourth-order valence-corrected chi connectivity index (χ4v) is 104. The third-order valence-corrected chi connectivity index (χ3v) is 72.0. The Labute approximate surface area is 223 Å². The van der Waals surface area contributed by atoms with Gasteiger partial charge in [0.05, 0.1) is 0 Å². The minimum Gasteiger partial charge on any atom is -0.242 e. The zero-order valence-electron chi connectivity index (χ0n) is 23.9. The molecule has 0 nitrogen and oxygen atoms in total. The molecule has 0 fully saturated rings. The Hall–Kier alpha value is 1.09. The van der Waals surface area contributed by atoms with Crippen LogP contribution in [-0.2, 0) is 0 Å². The topological polar surface area (TPSA) is 0 Å². The predicted molar refractivity (Wildman–Crippen MR) is 151 cm³/mol. The van der Waals surface area contributed by atoms with Crippen molar-refractivity contribution in [1.29, 1.82) is 0 Å². The van der Waals surface area contributed by atoms with Gasteiger partial charge in [0.1, 0.15) is 0 Å². The fourth-order valence-electron chi connectivity index (χ4n) is 8.19. The Morgan fingerprint density at radius 3 is 1.00 bits per heavy atom. The van der Waals surface area contributed by atoms with E-state index in [4.69, 9.17) is 0 Å². The van der Waals surface area contributed by atoms with E-state index in [0.29, 0.717) is 0 Å². The summed E-state index contributed by atoms with van der Waals surface area (Å²) >= 11 is 0. The summed E-state index contributed by atoms with van der Waals surface area (Å²) < 4.78 is 0. The number of hydrogen-bond acceptors (Lipinski definition) is 0. The molecular formula is C26H53NaSi4. The molecule has 0 aromatic heterocycles. The normalized spacial score (nSPS) is 14.0. The van der Waals surface area contributed by atoms with Crippen LogP contribution in [0.3, 0.4) is 0 Å². The van der Waals surface area contributed by atoms with Crippen LogP contribution in [0.2, 0.25) is 46.3 Å². The molecule has 0 bridgehead atoms. The second-order valence-electron chi connectivity index (χ2n) is 12.2. The van der Waals surface area contributed by atoms with Gasteiger partial charge in [-0.25, -0.2) is 7.35 Å². The van der Waals surface area contributed by atoms with E-state index >= 15 is 0 Å². The minimum absolute atomic E-state index is 0. The summed E-state index contributed by atoms with van der Waals surface area (Å²) in [6, 6.07) is 11.9. The van der Waals surface area contributed by atoms with Crippen LogP contribution in [0.4, 0.5) is 0 Å². The van der Waals surface area contributed by atoms with Crippen molar-refractivity contribution in [2.24, 2.45) is 0 Å². The van der Waals surface area contributed by atoms with Gasteiger partial charge in [0.25, 0.3) is 0 Å². The molecule has 0 radical (unpaired) electrons. The average Bonchev–Trinajstić information content (AvgIpc) is 2.60. The molecule has 5 heteroatoms. The molecule has 0 aliphatic carbocycles. The maximum absolute atomic E-state index is 2.81. The van der Waals surface area contributed by atoms with E-state index in [0.717, 1.165) is 33.2 Å². The molecule has 0 spiro atoms. The summed E-state index contributed by atoms with van der Waals surface area (Å²) in [7, 11) is -5.33. The molecule has 0 amide bonds. The smallest absolute Gasteiger partial charge is 0.242 e. The summed E-state index contributed by atoms with van der Waals surface area (Å²) in [5.74, 6) is 0. The Kier molecular flexibility index (Phi) is 12.6. The number of rotatable bonds is 10. The zero-order chi connectivity index (χ0) is 23.7. The Bertz CT molecular complexity index is 575. The van der Waals surface area contributed by atoms with Crippen LogP contribution in [0.1, 0.15) is 83.1 Å². The molecule has 1 aromatic rings. The number of hydrogen-bond donors (Lipinski definition) is 0. The van der Waals surface area contributed by atoms with Gasteiger partial charge >= 0.3 is 29.6 Å². The summed E-state index contributed by atoms with van der Waals surface area (Å²) in [5.41, 5.74) is 5.19. The van der Waals surface area contributed by atoms with Gasteiger partial charge in [0.15, 0.2) is 0 Å². The van der Waals surface area contributed by atoms with E-state index < -0.39 is 30.1 Å². The van der Waals surface area contributed by atoms with Crippen LogP contribution < -0.4 is 34.7 Å². The maximum Gasteiger partial charge on any atom is 1.00 e. The van der Waals surface area contributed by atoms with Gasteiger partial charge in [-0.05, 0) is 0 Å². The van der Waals surface area contributed by atoms with Crippen LogP contribution in [-0.4, -0.2) is 30.1 Å². The fraction of sp³-hybridized carbons (Fsp3) is 0.769. The maximum atomic E-state index is 2.81. The average molecular weight is 501 g/mol. The van der Waals surface area contributed by atoms with Crippen molar-refractivity contribution in [1.82, 2.24) is 0 Å². The van der Waals surface area contributed by atoms with Crippen molar-refractivity contribution in [3.63, 3.8) is 0 Å². The standard InChI is InChI=1S/C26H53Si4.Na/c1-20(2)29(21(3)4,22(5)6)27(28(13,14)26-18-16-15-17-19-26)30(23(7)8,24(9)10)25(11)12;/h15-25H,1-14H3;/q-1;+1. The first-order valence-corrected chi connectivity index (χ1v) is 24.5. The molecule has 0 saturated carbocycles. The van der Waals surface area contributed by atoms with Crippen molar-refractivity contribution >= 4 is 35.3 Å². The first-order chi connectivity index (χ1) is 13.6. The molecule has 0 aliphatic heterocycles. The van der Waals surface area contributed by atoms with E-state index in [2.05, 4.69) is 127 Å². The number of benzene rings is 1. The van der Waals surface area contributed by atoms with E-state index in [1.165, 1.54) is 0 Å². The summed E-state index contributed by atoms with van der Waals surface area (Å²) in [6.45, 7) is 37.2. The molecular weight excluding hydrogens is 448 g/mol. The van der Waals surface area contributed by atoms with Gasteiger partial charge in [-0.15, -0.1) is 0 Å². The molecule has 0 unspecified atom stereocenters. The largest absolute Gasteiger partial charge is 1.00 e.